The van der Waals surface area contributed by atoms with Gasteiger partial charge in [0.1, 0.15) is 10.4 Å². The van der Waals surface area contributed by atoms with Gasteiger partial charge in [-0.05, 0) is 36.3 Å². The molecule has 1 aliphatic rings. The van der Waals surface area contributed by atoms with E-state index >= 15 is 0 Å². The van der Waals surface area contributed by atoms with Crippen LogP contribution < -0.4 is 9.47 Å². The highest BCUT2D eigenvalue weighted by atomic mass is 32.2. The number of thiocarbonyl (C=S) groups is 1. The van der Waals surface area contributed by atoms with Gasteiger partial charge in [-0.25, -0.2) is 0 Å². The summed E-state index contributed by atoms with van der Waals surface area (Å²) >= 11 is 6.46. The Morgan fingerprint density at radius 2 is 1.88 bits per heavy atom. The summed E-state index contributed by atoms with van der Waals surface area (Å²) in [4.78, 5) is 14.2. The normalized spacial score (nSPS) is 16.9. The van der Waals surface area contributed by atoms with E-state index in [9.17, 15) is 4.79 Å². The second kappa shape index (κ2) is 7.93. The van der Waals surface area contributed by atoms with Crippen molar-refractivity contribution in [2.24, 2.45) is 0 Å². The van der Waals surface area contributed by atoms with Crippen molar-refractivity contribution in [3.05, 3.63) is 64.6 Å². The van der Waals surface area contributed by atoms with E-state index in [2.05, 4.69) is 0 Å². The molecule has 1 heterocycles. The largest absolute Gasteiger partial charge is 0.493 e. The lowest BCUT2D eigenvalue weighted by molar-refractivity contribution is -0.121. The molecule has 0 spiro atoms. The number of nitrogens with zero attached hydrogens (tertiary/aromatic N) is 1. The molecule has 134 valence electrons. The van der Waals surface area contributed by atoms with Gasteiger partial charge in [-0.15, -0.1) is 0 Å². The number of hydrogen-bond donors (Lipinski definition) is 0. The third-order valence-electron chi connectivity index (χ3n) is 4.04. The standard InChI is InChI=1S/C20H19NO3S2/c1-13(15-7-5-4-6-8-15)24-16-10-9-14(11-17(16)23-3)12-18-19(22)21(2)20(25)26-18/h4-13H,1-3H3/b18-12-/t13-/m1/s1. The Bertz CT molecular complexity index is 865. The van der Waals surface area contributed by atoms with Crippen LogP contribution in [0.1, 0.15) is 24.2 Å². The number of amides is 1. The third-order valence-corrected chi connectivity index (χ3v) is 5.53. The summed E-state index contributed by atoms with van der Waals surface area (Å²) in [5.74, 6) is 1.19. The van der Waals surface area contributed by atoms with E-state index in [4.69, 9.17) is 21.7 Å². The average molecular weight is 386 g/mol. The molecular formula is C20H19NO3S2. The molecule has 0 bridgehead atoms. The summed E-state index contributed by atoms with van der Waals surface area (Å²) in [6, 6.07) is 15.6. The van der Waals surface area contributed by atoms with E-state index in [0.717, 1.165) is 11.1 Å². The van der Waals surface area contributed by atoms with E-state index in [1.165, 1.54) is 16.7 Å². The molecule has 2 aromatic carbocycles. The highest BCUT2D eigenvalue weighted by molar-refractivity contribution is 8.26. The van der Waals surface area contributed by atoms with Gasteiger partial charge < -0.3 is 9.47 Å². The van der Waals surface area contributed by atoms with E-state index in [0.29, 0.717) is 20.7 Å². The van der Waals surface area contributed by atoms with Crippen LogP contribution in [0.2, 0.25) is 0 Å². The smallest absolute Gasteiger partial charge is 0.265 e. The lowest BCUT2D eigenvalue weighted by Gasteiger charge is -2.17. The van der Waals surface area contributed by atoms with Crippen LogP contribution in [0.4, 0.5) is 0 Å². The maximum atomic E-state index is 12.1. The van der Waals surface area contributed by atoms with Crippen LogP contribution >= 0.6 is 24.0 Å². The monoisotopic (exact) mass is 385 g/mol. The number of thioether (sulfide) groups is 1. The summed E-state index contributed by atoms with van der Waals surface area (Å²) in [5, 5.41) is 0. The Balaban J connectivity index is 1.82. The topological polar surface area (TPSA) is 38.8 Å². The van der Waals surface area contributed by atoms with Crippen molar-refractivity contribution in [1.82, 2.24) is 4.90 Å². The minimum absolute atomic E-state index is 0.0861. The Kier molecular flexibility index (Phi) is 5.64. The average Bonchev–Trinajstić information content (AvgIpc) is 2.90. The zero-order chi connectivity index (χ0) is 18.7. The lowest BCUT2D eigenvalue weighted by atomic mass is 10.1. The number of carbonyl (C=O) groups excluding carboxylic acids is 1. The Labute approximate surface area is 162 Å². The fourth-order valence-corrected chi connectivity index (χ4v) is 3.73. The predicted molar refractivity (Wildman–Crippen MR) is 109 cm³/mol. The van der Waals surface area contributed by atoms with Crippen LogP contribution in [0.15, 0.2) is 53.4 Å². The second-order valence-electron chi connectivity index (χ2n) is 5.82. The molecule has 3 rings (SSSR count). The van der Waals surface area contributed by atoms with Gasteiger partial charge in [0.25, 0.3) is 5.91 Å². The van der Waals surface area contributed by atoms with Gasteiger partial charge in [0, 0.05) is 7.05 Å². The van der Waals surface area contributed by atoms with Crippen LogP contribution in [0.3, 0.4) is 0 Å². The zero-order valence-electron chi connectivity index (χ0n) is 14.8. The summed E-state index contributed by atoms with van der Waals surface area (Å²) in [7, 11) is 3.28. The lowest BCUT2D eigenvalue weighted by Crippen LogP contribution is -2.22. The number of rotatable bonds is 5. The summed E-state index contributed by atoms with van der Waals surface area (Å²) in [6.45, 7) is 2.00. The molecule has 4 nitrogen and oxygen atoms in total. The Morgan fingerprint density at radius 3 is 2.50 bits per heavy atom. The molecule has 1 fully saturated rings. The predicted octanol–water partition coefficient (Wildman–Crippen LogP) is 4.67. The second-order valence-corrected chi connectivity index (χ2v) is 7.50. The van der Waals surface area contributed by atoms with Crippen LogP contribution in [0, 0.1) is 0 Å². The molecule has 1 saturated heterocycles. The van der Waals surface area contributed by atoms with E-state index in [-0.39, 0.29) is 12.0 Å². The molecule has 0 aliphatic carbocycles. The first-order valence-electron chi connectivity index (χ1n) is 8.11. The molecular weight excluding hydrogens is 366 g/mol. The van der Waals surface area contributed by atoms with Crippen LogP contribution in [-0.2, 0) is 4.79 Å². The summed E-state index contributed by atoms with van der Waals surface area (Å²) in [5.41, 5.74) is 1.95. The van der Waals surface area contributed by atoms with E-state index in [1.54, 1.807) is 14.2 Å². The number of benzene rings is 2. The fourth-order valence-electron chi connectivity index (χ4n) is 2.55. The fraction of sp³-hybridized carbons (Fsp3) is 0.200. The molecule has 6 heteroatoms. The molecule has 0 radical (unpaired) electrons. The van der Waals surface area contributed by atoms with Crippen molar-refractivity contribution in [3.8, 4) is 11.5 Å². The molecule has 0 saturated carbocycles. The Morgan fingerprint density at radius 1 is 1.15 bits per heavy atom. The van der Waals surface area contributed by atoms with Gasteiger partial charge in [0.2, 0.25) is 0 Å². The molecule has 0 unspecified atom stereocenters. The first kappa shape index (κ1) is 18.5. The molecule has 26 heavy (non-hydrogen) atoms. The molecule has 1 amide bonds. The molecule has 0 aromatic heterocycles. The highest BCUT2D eigenvalue weighted by Gasteiger charge is 2.28. The van der Waals surface area contributed by atoms with E-state index in [1.807, 2.05) is 61.5 Å². The van der Waals surface area contributed by atoms with Crippen molar-refractivity contribution in [2.75, 3.05) is 14.2 Å². The zero-order valence-corrected chi connectivity index (χ0v) is 16.4. The summed E-state index contributed by atoms with van der Waals surface area (Å²) in [6.07, 6.45) is 1.71. The minimum atomic E-state index is -0.104. The molecule has 0 N–H and O–H groups in total. The number of carbonyl (C=O) groups is 1. The first-order valence-corrected chi connectivity index (χ1v) is 9.33. The molecule has 2 aromatic rings. The number of ether oxygens (including phenoxy) is 2. The summed E-state index contributed by atoms with van der Waals surface area (Å²) < 4.78 is 12.1. The van der Waals surface area contributed by atoms with Gasteiger partial charge in [0.15, 0.2) is 11.5 Å². The van der Waals surface area contributed by atoms with Gasteiger partial charge in [0.05, 0.1) is 12.0 Å². The van der Waals surface area contributed by atoms with Gasteiger partial charge >= 0.3 is 0 Å². The van der Waals surface area contributed by atoms with Gasteiger partial charge in [-0.3, -0.25) is 9.69 Å². The van der Waals surface area contributed by atoms with Crippen molar-refractivity contribution in [2.45, 2.75) is 13.0 Å². The molecule has 1 aliphatic heterocycles. The molecule has 1 atom stereocenters. The Hall–Kier alpha value is -2.31. The highest BCUT2D eigenvalue weighted by Crippen LogP contribution is 2.35. The van der Waals surface area contributed by atoms with Crippen molar-refractivity contribution in [3.63, 3.8) is 0 Å². The number of methoxy groups -OCH3 is 1. The van der Waals surface area contributed by atoms with Crippen LogP contribution in [0.5, 0.6) is 11.5 Å². The van der Waals surface area contributed by atoms with Gasteiger partial charge in [-0.1, -0.05) is 60.4 Å². The van der Waals surface area contributed by atoms with Crippen molar-refractivity contribution in [1.29, 1.82) is 0 Å². The first-order chi connectivity index (χ1) is 12.5. The van der Waals surface area contributed by atoms with Gasteiger partial charge in [-0.2, -0.15) is 0 Å². The van der Waals surface area contributed by atoms with Crippen molar-refractivity contribution >= 4 is 40.3 Å². The van der Waals surface area contributed by atoms with Crippen molar-refractivity contribution < 1.29 is 14.3 Å². The van der Waals surface area contributed by atoms with Crippen LogP contribution in [-0.4, -0.2) is 29.3 Å². The SMILES string of the molecule is COc1cc(/C=C2\SC(=S)N(C)C2=O)ccc1O[C@H](C)c1ccccc1. The van der Waals surface area contributed by atoms with E-state index < -0.39 is 0 Å². The number of hydrogen-bond acceptors (Lipinski definition) is 5. The maximum Gasteiger partial charge on any atom is 0.265 e. The minimum Gasteiger partial charge on any atom is -0.493 e. The quantitative estimate of drug-likeness (QED) is 0.553. The maximum absolute atomic E-state index is 12.1. The number of likely N-dealkylation sites (N-methyl/N-ethyl adjacent to an activating group) is 1. The third kappa shape index (κ3) is 3.92. The van der Waals surface area contributed by atoms with Crippen LogP contribution in [0.25, 0.3) is 6.08 Å².